The van der Waals surface area contributed by atoms with Crippen LogP contribution in [-0.2, 0) is 0 Å². The lowest BCUT2D eigenvalue weighted by molar-refractivity contribution is 0.169. The Morgan fingerprint density at radius 3 is 1.68 bits per heavy atom. The lowest BCUT2D eigenvalue weighted by Crippen LogP contribution is -2.49. The number of hydrogen-bond acceptors (Lipinski definition) is 3. The molecular weight excluding hydrogens is 310 g/mol. The predicted molar refractivity (Wildman–Crippen MR) is 104 cm³/mol. The Kier molecular flexibility index (Phi) is 6.40. The van der Waals surface area contributed by atoms with Crippen LogP contribution in [0.3, 0.4) is 0 Å². The van der Waals surface area contributed by atoms with Gasteiger partial charge in [0, 0.05) is 17.8 Å². The highest BCUT2D eigenvalue weighted by Gasteiger charge is 2.39. The molecule has 6 unspecified atom stereocenters. The molecule has 0 amide bonds. The van der Waals surface area contributed by atoms with E-state index in [4.69, 9.17) is 0 Å². The minimum atomic E-state index is -0.120. The van der Waals surface area contributed by atoms with E-state index in [0.29, 0.717) is 23.9 Å². The summed E-state index contributed by atoms with van der Waals surface area (Å²) in [6.07, 6.45) is 8.01. The average Bonchev–Trinajstić information content (AvgIpc) is 3.24. The van der Waals surface area contributed by atoms with Crippen molar-refractivity contribution in [3.05, 3.63) is 30.3 Å². The number of nitrogens with zero attached hydrogens (tertiary/aromatic N) is 1. The molecule has 0 spiro atoms. The Bertz CT molecular complexity index is 492. The fourth-order valence-corrected chi connectivity index (χ4v) is 5.43. The molecule has 3 heteroatoms. The molecule has 2 aliphatic rings. The summed E-state index contributed by atoms with van der Waals surface area (Å²) >= 11 is 0. The van der Waals surface area contributed by atoms with Crippen molar-refractivity contribution < 1.29 is 10.2 Å². The fraction of sp³-hybridized carbons (Fsp3) is 0.727. The van der Waals surface area contributed by atoms with Crippen molar-refractivity contribution in [1.82, 2.24) is 0 Å². The molecule has 25 heavy (non-hydrogen) atoms. The lowest BCUT2D eigenvalue weighted by atomic mass is 9.87. The summed E-state index contributed by atoms with van der Waals surface area (Å²) in [6, 6.07) is 11.8. The highest BCUT2D eigenvalue weighted by Crippen LogP contribution is 2.40. The molecule has 2 fully saturated rings. The molecule has 0 heterocycles. The van der Waals surface area contributed by atoms with Crippen LogP contribution < -0.4 is 4.90 Å². The van der Waals surface area contributed by atoms with Gasteiger partial charge in [-0.3, -0.25) is 0 Å². The average molecular weight is 346 g/mol. The second-order valence-electron chi connectivity index (χ2n) is 8.15. The molecule has 3 nitrogen and oxygen atoms in total. The van der Waals surface area contributed by atoms with Gasteiger partial charge in [-0.25, -0.2) is 0 Å². The number of para-hydroxylation sites is 1. The number of hydrogen-bond donors (Lipinski definition) is 2. The molecule has 0 bridgehead atoms. The van der Waals surface area contributed by atoms with Crippen LogP contribution in [0.25, 0.3) is 0 Å². The molecule has 3 rings (SSSR count). The maximum Gasteiger partial charge on any atom is 0.0543 e. The summed E-state index contributed by atoms with van der Waals surface area (Å²) in [7, 11) is 0. The van der Waals surface area contributed by atoms with Crippen molar-refractivity contribution in [2.24, 2.45) is 11.8 Å². The molecule has 1 aromatic rings. The van der Waals surface area contributed by atoms with Crippen molar-refractivity contribution in [2.75, 3.05) is 4.90 Å². The molecule has 0 radical (unpaired) electrons. The molecule has 0 aromatic heterocycles. The molecule has 2 saturated carbocycles. The lowest BCUT2D eigenvalue weighted by Gasteiger charge is -2.45. The Morgan fingerprint density at radius 2 is 1.32 bits per heavy atom. The van der Waals surface area contributed by atoms with E-state index in [0.717, 1.165) is 51.4 Å². The molecular formula is C22H35NO2. The smallest absolute Gasteiger partial charge is 0.0543 e. The van der Waals surface area contributed by atoms with E-state index >= 15 is 0 Å². The molecule has 2 aliphatic carbocycles. The van der Waals surface area contributed by atoms with Crippen LogP contribution in [0.1, 0.15) is 65.2 Å². The SMILES string of the molecule is CCC(C1CCC(O)C1)N(c1ccccc1)C(CC)C1CCC(O)C1. The standard InChI is InChI=1S/C22H35NO2/c1-3-21(16-10-12-19(24)14-16)23(18-8-6-5-7-9-18)22(4-2)17-11-13-20(25)15-17/h5-9,16-17,19-22,24-25H,3-4,10-15H2,1-2H3. The van der Waals surface area contributed by atoms with Gasteiger partial charge in [0.2, 0.25) is 0 Å². The Morgan fingerprint density at radius 1 is 0.840 bits per heavy atom. The van der Waals surface area contributed by atoms with Crippen molar-refractivity contribution >= 4 is 5.69 Å². The van der Waals surface area contributed by atoms with E-state index in [1.54, 1.807) is 0 Å². The van der Waals surface area contributed by atoms with Gasteiger partial charge >= 0.3 is 0 Å². The number of rotatable bonds is 7. The molecule has 1 aromatic carbocycles. The van der Waals surface area contributed by atoms with Gasteiger partial charge in [0.25, 0.3) is 0 Å². The van der Waals surface area contributed by atoms with Crippen LogP contribution in [0.4, 0.5) is 5.69 Å². The van der Waals surface area contributed by atoms with Gasteiger partial charge in [-0.15, -0.1) is 0 Å². The Balaban J connectivity index is 1.90. The normalized spacial score (nSPS) is 31.8. The first-order valence-electron chi connectivity index (χ1n) is 10.3. The largest absolute Gasteiger partial charge is 0.393 e. The van der Waals surface area contributed by atoms with Crippen molar-refractivity contribution in [2.45, 2.75) is 89.5 Å². The van der Waals surface area contributed by atoms with Crippen LogP contribution in [0.2, 0.25) is 0 Å². The third kappa shape index (κ3) is 4.20. The van der Waals surface area contributed by atoms with E-state index in [1.807, 2.05) is 0 Å². The third-order valence-electron chi connectivity index (χ3n) is 6.58. The quantitative estimate of drug-likeness (QED) is 0.771. The minimum Gasteiger partial charge on any atom is -0.393 e. The van der Waals surface area contributed by atoms with Crippen LogP contribution >= 0.6 is 0 Å². The summed E-state index contributed by atoms with van der Waals surface area (Å²) < 4.78 is 0. The van der Waals surface area contributed by atoms with Gasteiger partial charge in [0.15, 0.2) is 0 Å². The molecule has 6 atom stereocenters. The van der Waals surface area contributed by atoms with E-state index in [2.05, 4.69) is 49.1 Å². The number of aliphatic hydroxyl groups is 2. The zero-order valence-electron chi connectivity index (χ0n) is 15.8. The van der Waals surface area contributed by atoms with Crippen LogP contribution in [0.15, 0.2) is 30.3 Å². The van der Waals surface area contributed by atoms with Gasteiger partial charge in [0.05, 0.1) is 12.2 Å². The molecule has 2 N–H and O–H groups in total. The molecule has 0 saturated heterocycles. The van der Waals surface area contributed by atoms with E-state index in [9.17, 15) is 10.2 Å². The van der Waals surface area contributed by atoms with Crippen molar-refractivity contribution in [3.8, 4) is 0 Å². The summed E-state index contributed by atoms with van der Waals surface area (Å²) in [4.78, 5) is 2.67. The number of aliphatic hydroxyl groups excluding tert-OH is 2. The second kappa shape index (κ2) is 8.55. The third-order valence-corrected chi connectivity index (χ3v) is 6.58. The van der Waals surface area contributed by atoms with E-state index in [1.165, 1.54) is 5.69 Å². The first kappa shape index (κ1) is 18.7. The van der Waals surface area contributed by atoms with Crippen molar-refractivity contribution in [3.63, 3.8) is 0 Å². The summed E-state index contributed by atoms with van der Waals surface area (Å²) in [5.41, 5.74) is 1.31. The molecule has 0 aliphatic heterocycles. The predicted octanol–water partition coefficient (Wildman–Crippen LogP) is 4.37. The van der Waals surface area contributed by atoms with E-state index in [-0.39, 0.29) is 12.2 Å². The minimum absolute atomic E-state index is 0.120. The maximum atomic E-state index is 10.1. The monoisotopic (exact) mass is 345 g/mol. The zero-order chi connectivity index (χ0) is 17.8. The maximum absolute atomic E-state index is 10.1. The highest BCUT2D eigenvalue weighted by atomic mass is 16.3. The van der Waals surface area contributed by atoms with E-state index < -0.39 is 0 Å². The highest BCUT2D eigenvalue weighted by molar-refractivity contribution is 5.49. The summed E-state index contributed by atoms with van der Waals surface area (Å²) in [6.45, 7) is 4.59. The van der Waals surface area contributed by atoms with Crippen molar-refractivity contribution in [1.29, 1.82) is 0 Å². The van der Waals surface area contributed by atoms with Gasteiger partial charge in [-0.1, -0.05) is 32.0 Å². The first-order valence-corrected chi connectivity index (χ1v) is 10.3. The topological polar surface area (TPSA) is 43.7 Å². The van der Waals surface area contributed by atoms with Gasteiger partial charge in [-0.05, 0) is 75.3 Å². The van der Waals surface area contributed by atoms with Gasteiger partial charge in [0.1, 0.15) is 0 Å². The van der Waals surface area contributed by atoms with Gasteiger partial charge < -0.3 is 15.1 Å². The first-order chi connectivity index (χ1) is 12.1. The number of anilines is 1. The Labute approximate surface area is 153 Å². The second-order valence-corrected chi connectivity index (χ2v) is 8.15. The van der Waals surface area contributed by atoms with Crippen LogP contribution in [0, 0.1) is 11.8 Å². The fourth-order valence-electron chi connectivity index (χ4n) is 5.43. The van der Waals surface area contributed by atoms with Gasteiger partial charge in [-0.2, -0.15) is 0 Å². The van der Waals surface area contributed by atoms with Crippen LogP contribution in [0.5, 0.6) is 0 Å². The summed E-state index contributed by atoms with van der Waals surface area (Å²) in [5.74, 6) is 1.14. The van der Waals surface area contributed by atoms with Crippen LogP contribution in [-0.4, -0.2) is 34.5 Å². The summed E-state index contributed by atoms with van der Waals surface area (Å²) in [5, 5.41) is 20.2. The number of benzene rings is 1. The molecule has 140 valence electrons. The Hall–Kier alpha value is -1.06. The zero-order valence-corrected chi connectivity index (χ0v) is 15.8.